The highest BCUT2D eigenvalue weighted by Crippen LogP contribution is 2.16. The van der Waals surface area contributed by atoms with Crippen LogP contribution in [0.3, 0.4) is 0 Å². The van der Waals surface area contributed by atoms with Crippen molar-refractivity contribution in [3.8, 4) is 0 Å². The van der Waals surface area contributed by atoms with Gasteiger partial charge in [0, 0.05) is 31.9 Å². The number of benzene rings is 2. The van der Waals surface area contributed by atoms with E-state index in [4.69, 9.17) is 0 Å². The average molecular weight is 402 g/mol. The van der Waals surface area contributed by atoms with Crippen molar-refractivity contribution in [3.63, 3.8) is 0 Å². The van der Waals surface area contributed by atoms with E-state index in [1.54, 1.807) is 0 Å². The third-order valence-electron chi connectivity index (χ3n) is 5.10. The third-order valence-corrected chi connectivity index (χ3v) is 6.95. The predicted octanol–water partition coefficient (Wildman–Crippen LogP) is 2.47. The minimum Gasteiger partial charge on any atom is -0.325 e. The Morgan fingerprint density at radius 3 is 2.21 bits per heavy atom. The summed E-state index contributed by atoms with van der Waals surface area (Å²) in [7, 11) is -3.35. The van der Waals surface area contributed by atoms with Gasteiger partial charge in [-0.1, -0.05) is 48.0 Å². The van der Waals surface area contributed by atoms with Crippen molar-refractivity contribution in [2.24, 2.45) is 0 Å². The van der Waals surface area contributed by atoms with E-state index in [9.17, 15) is 13.2 Å². The van der Waals surface area contributed by atoms with Gasteiger partial charge in [-0.25, -0.2) is 8.42 Å². The highest BCUT2D eigenvalue weighted by atomic mass is 32.2. The van der Waals surface area contributed by atoms with Gasteiger partial charge in [0.05, 0.1) is 11.8 Å². The van der Waals surface area contributed by atoms with Gasteiger partial charge in [0.25, 0.3) is 0 Å². The number of piperazine rings is 1. The summed E-state index contributed by atoms with van der Waals surface area (Å²) in [6.45, 7) is 5.73. The van der Waals surface area contributed by atoms with Crippen molar-refractivity contribution in [1.82, 2.24) is 9.21 Å². The Morgan fingerprint density at radius 1 is 1.00 bits per heavy atom. The van der Waals surface area contributed by atoms with Gasteiger partial charge in [0.15, 0.2) is 0 Å². The number of sulfonamides is 1. The summed E-state index contributed by atoms with van der Waals surface area (Å²) < 4.78 is 26.9. The molecule has 0 unspecified atom stereocenters. The molecule has 2 aromatic carbocycles. The maximum absolute atomic E-state index is 12.7. The minimum atomic E-state index is -3.35. The van der Waals surface area contributed by atoms with Gasteiger partial charge in [-0.2, -0.15) is 4.31 Å². The maximum atomic E-state index is 12.7. The monoisotopic (exact) mass is 401 g/mol. The summed E-state index contributed by atoms with van der Waals surface area (Å²) in [6.07, 6.45) is 0. The van der Waals surface area contributed by atoms with Crippen molar-refractivity contribution < 1.29 is 13.2 Å². The van der Waals surface area contributed by atoms with Crippen LogP contribution in [0.5, 0.6) is 0 Å². The SMILES string of the molecule is Cc1ccc(NC(=O)[C@@H](C)N2CCN(S(=O)(=O)Cc3ccccc3)CC2)cc1. The Labute approximate surface area is 167 Å². The fraction of sp³-hybridized carbons (Fsp3) is 0.381. The number of amides is 1. The van der Waals surface area contributed by atoms with E-state index in [0.717, 1.165) is 16.8 Å². The summed E-state index contributed by atoms with van der Waals surface area (Å²) in [5.41, 5.74) is 2.70. The fourth-order valence-corrected chi connectivity index (χ4v) is 4.81. The standard InChI is InChI=1S/C21H27N3O3S/c1-17-8-10-20(11-9-17)22-21(25)18(2)23-12-14-24(15-13-23)28(26,27)16-19-6-4-3-5-7-19/h3-11,18H,12-16H2,1-2H3,(H,22,25)/t18-/m1/s1. The molecule has 1 atom stereocenters. The van der Waals surface area contributed by atoms with E-state index in [0.29, 0.717) is 26.2 Å². The van der Waals surface area contributed by atoms with Crippen LogP contribution in [0.1, 0.15) is 18.1 Å². The Balaban J connectivity index is 1.53. The Kier molecular flexibility index (Phi) is 6.49. The van der Waals surface area contributed by atoms with Gasteiger partial charge < -0.3 is 5.32 Å². The molecule has 0 aromatic heterocycles. The van der Waals surface area contributed by atoms with E-state index in [2.05, 4.69) is 5.32 Å². The first kappa shape index (κ1) is 20.5. The molecular formula is C21H27N3O3S. The largest absolute Gasteiger partial charge is 0.325 e. The third kappa shape index (κ3) is 5.19. The second-order valence-electron chi connectivity index (χ2n) is 7.21. The second-order valence-corrected chi connectivity index (χ2v) is 9.18. The van der Waals surface area contributed by atoms with E-state index >= 15 is 0 Å². The molecule has 1 amide bonds. The molecule has 6 nitrogen and oxygen atoms in total. The molecule has 3 rings (SSSR count). The first-order valence-corrected chi connectivity index (χ1v) is 11.1. The van der Waals surface area contributed by atoms with Crippen LogP contribution >= 0.6 is 0 Å². The number of aryl methyl sites for hydroxylation is 1. The summed E-state index contributed by atoms with van der Waals surface area (Å²) in [6, 6.07) is 16.6. The maximum Gasteiger partial charge on any atom is 0.241 e. The molecule has 0 spiro atoms. The molecule has 0 saturated carbocycles. The Morgan fingerprint density at radius 2 is 1.61 bits per heavy atom. The van der Waals surface area contributed by atoms with Crippen LogP contribution in [0.25, 0.3) is 0 Å². The minimum absolute atomic E-state index is 0.0112. The first-order chi connectivity index (χ1) is 13.3. The molecule has 1 aliphatic heterocycles. The van der Waals surface area contributed by atoms with Crippen molar-refractivity contribution in [2.75, 3.05) is 31.5 Å². The lowest BCUT2D eigenvalue weighted by Crippen LogP contribution is -2.54. The summed E-state index contributed by atoms with van der Waals surface area (Å²) in [5, 5.41) is 2.93. The number of hydrogen-bond acceptors (Lipinski definition) is 4. The molecule has 0 bridgehead atoms. The number of anilines is 1. The molecule has 150 valence electrons. The highest BCUT2D eigenvalue weighted by molar-refractivity contribution is 7.88. The first-order valence-electron chi connectivity index (χ1n) is 9.48. The lowest BCUT2D eigenvalue weighted by molar-refractivity contribution is -0.121. The molecular weight excluding hydrogens is 374 g/mol. The fourth-order valence-electron chi connectivity index (χ4n) is 3.29. The van der Waals surface area contributed by atoms with E-state index in [1.807, 2.05) is 73.3 Å². The zero-order chi connectivity index (χ0) is 20.1. The Hall–Kier alpha value is -2.22. The lowest BCUT2D eigenvalue weighted by atomic mass is 10.2. The number of nitrogens with one attached hydrogen (secondary N) is 1. The number of rotatable bonds is 6. The molecule has 1 aliphatic rings. The zero-order valence-electron chi connectivity index (χ0n) is 16.3. The summed E-state index contributed by atoms with van der Waals surface area (Å²) in [4.78, 5) is 14.6. The molecule has 0 aliphatic carbocycles. The number of carbonyl (C=O) groups is 1. The zero-order valence-corrected chi connectivity index (χ0v) is 17.2. The van der Waals surface area contributed by atoms with Gasteiger partial charge in [-0.05, 0) is 31.5 Å². The summed E-state index contributed by atoms with van der Waals surface area (Å²) in [5.74, 6) is -0.0680. The highest BCUT2D eigenvalue weighted by Gasteiger charge is 2.30. The van der Waals surface area contributed by atoms with Crippen LogP contribution < -0.4 is 5.32 Å². The van der Waals surface area contributed by atoms with Crippen molar-refractivity contribution >= 4 is 21.6 Å². The van der Waals surface area contributed by atoms with Gasteiger partial charge in [-0.15, -0.1) is 0 Å². The quantitative estimate of drug-likeness (QED) is 0.807. The smallest absolute Gasteiger partial charge is 0.241 e. The number of carbonyl (C=O) groups excluding carboxylic acids is 1. The topological polar surface area (TPSA) is 69.7 Å². The molecule has 7 heteroatoms. The Bertz CT molecular complexity index is 890. The van der Waals surface area contributed by atoms with Gasteiger partial charge >= 0.3 is 0 Å². The van der Waals surface area contributed by atoms with E-state index in [-0.39, 0.29) is 17.7 Å². The van der Waals surface area contributed by atoms with Crippen molar-refractivity contribution in [2.45, 2.75) is 25.6 Å². The van der Waals surface area contributed by atoms with E-state index in [1.165, 1.54) is 4.31 Å². The number of nitrogens with zero attached hydrogens (tertiary/aromatic N) is 2. The van der Waals surface area contributed by atoms with Crippen LogP contribution in [0.4, 0.5) is 5.69 Å². The second kappa shape index (κ2) is 8.86. The molecule has 28 heavy (non-hydrogen) atoms. The van der Waals surface area contributed by atoms with Gasteiger partial charge in [-0.3, -0.25) is 9.69 Å². The molecule has 1 fully saturated rings. The predicted molar refractivity (Wildman–Crippen MR) is 111 cm³/mol. The molecule has 1 saturated heterocycles. The molecule has 1 N–H and O–H groups in total. The van der Waals surface area contributed by atoms with Crippen LogP contribution in [0, 0.1) is 6.92 Å². The van der Waals surface area contributed by atoms with Crippen LogP contribution in [0.2, 0.25) is 0 Å². The normalized spacial score (nSPS) is 17.2. The number of hydrogen-bond donors (Lipinski definition) is 1. The van der Waals surface area contributed by atoms with Crippen LogP contribution in [-0.2, 0) is 20.6 Å². The van der Waals surface area contributed by atoms with Crippen LogP contribution in [0.15, 0.2) is 54.6 Å². The summed E-state index contributed by atoms with van der Waals surface area (Å²) >= 11 is 0. The van der Waals surface area contributed by atoms with Crippen LogP contribution in [-0.4, -0.2) is 55.8 Å². The molecule has 0 radical (unpaired) electrons. The average Bonchev–Trinajstić information content (AvgIpc) is 2.69. The van der Waals surface area contributed by atoms with Crippen molar-refractivity contribution in [3.05, 3.63) is 65.7 Å². The molecule has 2 aromatic rings. The molecule has 1 heterocycles. The van der Waals surface area contributed by atoms with Gasteiger partial charge in [0.1, 0.15) is 0 Å². The van der Waals surface area contributed by atoms with Gasteiger partial charge in [0.2, 0.25) is 15.9 Å². The van der Waals surface area contributed by atoms with E-state index < -0.39 is 10.0 Å². The lowest BCUT2D eigenvalue weighted by Gasteiger charge is -2.36. The van der Waals surface area contributed by atoms with Crippen molar-refractivity contribution in [1.29, 1.82) is 0 Å².